The zero-order valence-corrected chi connectivity index (χ0v) is 12.1. The molecule has 0 spiro atoms. The normalized spacial score (nSPS) is 17.4. The van der Waals surface area contributed by atoms with Crippen LogP contribution in [-0.4, -0.2) is 22.6 Å². The molecule has 1 aliphatic rings. The van der Waals surface area contributed by atoms with Gasteiger partial charge in [-0.15, -0.1) is 0 Å². The number of hydrogen-bond donors (Lipinski definition) is 1. The standard InChI is InChI=1S/C18H19NO2/c1-2-13-7-3-5-9-15(13)17-16-10-6-4-8-14(16)11-12-19(17)18(20)21/h3-10,17H,2,11-12H2,1H3,(H,20,21). The van der Waals surface area contributed by atoms with Crippen molar-refractivity contribution in [3.05, 3.63) is 70.8 Å². The third-order valence-electron chi connectivity index (χ3n) is 4.26. The SMILES string of the molecule is CCc1ccccc1C1c2ccccc2CCN1C(=O)O. The molecule has 0 radical (unpaired) electrons. The van der Waals surface area contributed by atoms with Gasteiger partial charge in [0.1, 0.15) is 0 Å². The first-order valence-electron chi connectivity index (χ1n) is 7.37. The summed E-state index contributed by atoms with van der Waals surface area (Å²) in [4.78, 5) is 13.2. The molecule has 3 nitrogen and oxygen atoms in total. The van der Waals surface area contributed by atoms with E-state index < -0.39 is 6.09 Å². The van der Waals surface area contributed by atoms with E-state index in [1.54, 1.807) is 4.90 Å². The van der Waals surface area contributed by atoms with Crippen LogP contribution in [-0.2, 0) is 12.8 Å². The van der Waals surface area contributed by atoms with E-state index >= 15 is 0 Å². The highest BCUT2D eigenvalue weighted by Crippen LogP contribution is 2.36. The van der Waals surface area contributed by atoms with Gasteiger partial charge >= 0.3 is 6.09 Å². The predicted molar refractivity (Wildman–Crippen MR) is 82.5 cm³/mol. The molecule has 0 aromatic heterocycles. The number of rotatable bonds is 2. The van der Waals surface area contributed by atoms with Crippen LogP contribution in [0.3, 0.4) is 0 Å². The lowest BCUT2D eigenvalue weighted by atomic mass is 9.86. The minimum atomic E-state index is -0.847. The number of carbonyl (C=O) groups is 1. The third-order valence-corrected chi connectivity index (χ3v) is 4.26. The van der Waals surface area contributed by atoms with Gasteiger partial charge in [0.05, 0.1) is 6.04 Å². The summed E-state index contributed by atoms with van der Waals surface area (Å²) >= 11 is 0. The first-order chi connectivity index (χ1) is 10.2. The Morgan fingerprint density at radius 3 is 2.52 bits per heavy atom. The molecule has 1 atom stereocenters. The highest BCUT2D eigenvalue weighted by molar-refractivity contribution is 5.68. The van der Waals surface area contributed by atoms with Crippen LogP contribution >= 0.6 is 0 Å². The molecule has 1 aliphatic heterocycles. The van der Waals surface area contributed by atoms with Crippen LogP contribution in [0.25, 0.3) is 0 Å². The number of benzene rings is 2. The van der Waals surface area contributed by atoms with E-state index in [0.717, 1.165) is 24.0 Å². The molecule has 1 amide bonds. The Morgan fingerprint density at radius 2 is 1.81 bits per heavy atom. The summed E-state index contributed by atoms with van der Waals surface area (Å²) in [5.74, 6) is 0. The number of fused-ring (bicyclic) bond motifs is 1. The van der Waals surface area contributed by atoms with E-state index in [2.05, 4.69) is 31.2 Å². The molecule has 1 N–H and O–H groups in total. The highest BCUT2D eigenvalue weighted by Gasteiger charge is 2.32. The number of aryl methyl sites for hydroxylation is 1. The van der Waals surface area contributed by atoms with Crippen molar-refractivity contribution in [2.75, 3.05) is 6.54 Å². The second-order valence-corrected chi connectivity index (χ2v) is 5.38. The molecule has 0 aliphatic carbocycles. The van der Waals surface area contributed by atoms with Gasteiger partial charge in [-0.2, -0.15) is 0 Å². The summed E-state index contributed by atoms with van der Waals surface area (Å²) in [6.45, 7) is 2.66. The first-order valence-corrected chi connectivity index (χ1v) is 7.37. The Hall–Kier alpha value is -2.29. The summed E-state index contributed by atoms with van der Waals surface area (Å²) in [5, 5.41) is 9.59. The van der Waals surface area contributed by atoms with E-state index in [0.29, 0.717) is 6.54 Å². The van der Waals surface area contributed by atoms with Gasteiger partial charge in [0.15, 0.2) is 0 Å². The predicted octanol–water partition coefficient (Wildman–Crippen LogP) is 3.87. The quantitative estimate of drug-likeness (QED) is 0.907. The van der Waals surface area contributed by atoms with Gasteiger partial charge in [0.2, 0.25) is 0 Å². The van der Waals surface area contributed by atoms with Crippen LogP contribution in [0.15, 0.2) is 48.5 Å². The van der Waals surface area contributed by atoms with Crippen molar-refractivity contribution in [1.82, 2.24) is 4.90 Å². The lowest BCUT2D eigenvalue weighted by Gasteiger charge is -2.36. The molecule has 2 aromatic carbocycles. The number of carboxylic acid groups (broad SMARTS) is 1. The van der Waals surface area contributed by atoms with Crippen LogP contribution in [0.4, 0.5) is 4.79 Å². The largest absolute Gasteiger partial charge is 0.465 e. The molecule has 21 heavy (non-hydrogen) atoms. The zero-order valence-electron chi connectivity index (χ0n) is 12.1. The van der Waals surface area contributed by atoms with Crippen LogP contribution < -0.4 is 0 Å². The topological polar surface area (TPSA) is 40.5 Å². The number of hydrogen-bond acceptors (Lipinski definition) is 1. The smallest absolute Gasteiger partial charge is 0.408 e. The Kier molecular flexibility index (Phi) is 3.65. The maximum absolute atomic E-state index is 11.7. The van der Waals surface area contributed by atoms with Gasteiger partial charge in [-0.25, -0.2) is 4.79 Å². The van der Waals surface area contributed by atoms with Crippen molar-refractivity contribution >= 4 is 6.09 Å². The molecule has 1 heterocycles. The first kappa shape index (κ1) is 13.7. The fraction of sp³-hybridized carbons (Fsp3) is 0.278. The van der Waals surface area contributed by atoms with Crippen LogP contribution in [0.5, 0.6) is 0 Å². The van der Waals surface area contributed by atoms with Gasteiger partial charge in [-0.3, -0.25) is 4.90 Å². The van der Waals surface area contributed by atoms with Gasteiger partial charge in [0.25, 0.3) is 0 Å². The number of amides is 1. The summed E-state index contributed by atoms with van der Waals surface area (Å²) in [7, 11) is 0. The highest BCUT2D eigenvalue weighted by atomic mass is 16.4. The Morgan fingerprint density at radius 1 is 1.14 bits per heavy atom. The molecule has 0 saturated carbocycles. The van der Waals surface area contributed by atoms with E-state index in [-0.39, 0.29) is 6.04 Å². The maximum atomic E-state index is 11.7. The zero-order chi connectivity index (χ0) is 14.8. The van der Waals surface area contributed by atoms with Gasteiger partial charge in [-0.1, -0.05) is 55.5 Å². The average Bonchev–Trinajstić information content (AvgIpc) is 2.53. The lowest BCUT2D eigenvalue weighted by Crippen LogP contribution is -2.40. The summed E-state index contributed by atoms with van der Waals surface area (Å²) in [6.07, 6.45) is 0.843. The monoisotopic (exact) mass is 281 g/mol. The van der Waals surface area contributed by atoms with Gasteiger partial charge in [-0.05, 0) is 35.1 Å². The average molecular weight is 281 g/mol. The van der Waals surface area contributed by atoms with Crippen molar-refractivity contribution in [3.63, 3.8) is 0 Å². The maximum Gasteiger partial charge on any atom is 0.408 e. The molecular weight excluding hydrogens is 262 g/mol. The fourth-order valence-corrected chi connectivity index (χ4v) is 3.23. The van der Waals surface area contributed by atoms with Crippen LogP contribution in [0, 0.1) is 0 Å². The van der Waals surface area contributed by atoms with Gasteiger partial charge < -0.3 is 5.11 Å². The number of nitrogens with zero attached hydrogens (tertiary/aromatic N) is 1. The Balaban J connectivity index is 2.17. The molecule has 3 rings (SSSR count). The molecule has 0 bridgehead atoms. The molecule has 0 saturated heterocycles. The molecule has 3 heteroatoms. The fourth-order valence-electron chi connectivity index (χ4n) is 3.23. The van der Waals surface area contributed by atoms with Crippen molar-refractivity contribution in [2.45, 2.75) is 25.8 Å². The molecule has 0 fully saturated rings. The van der Waals surface area contributed by atoms with Crippen molar-refractivity contribution in [3.8, 4) is 0 Å². The second-order valence-electron chi connectivity index (χ2n) is 5.38. The van der Waals surface area contributed by atoms with E-state index in [1.165, 1.54) is 11.1 Å². The lowest BCUT2D eigenvalue weighted by molar-refractivity contribution is 0.129. The summed E-state index contributed by atoms with van der Waals surface area (Å²) < 4.78 is 0. The van der Waals surface area contributed by atoms with Crippen molar-refractivity contribution in [2.24, 2.45) is 0 Å². The Bertz CT molecular complexity index is 666. The van der Waals surface area contributed by atoms with E-state index in [1.807, 2.05) is 24.3 Å². The summed E-state index contributed by atoms with van der Waals surface area (Å²) in [6, 6.07) is 16.1. The second kappa shape index (κ2) is 5.60. The molecule has 2 aromatic rings. The summed E-state index contributed by atoms with van der Waals surface area (Å²) in [5.41, 5.74) is 4.69. The van der Waals surface area contributed by atoms with Crippen LogP contribution in [0.1, 0.15) is 35.2 Å². The van der Waals surface area contributed by atoms with Crippen molar-refractivity contribution in [1.29, 1.82) is 0 Å². The molecular formula is C18H19NO2. The van der Waals surface area contributed by atoms with Crippen molar-refractivity contribution < 1.29 is 9.90 Å². The van der Waals surface area contributed by atoms with Crippen LogP contribution in [0.2, 0.25) is 0 Å². The minimum absolute atomic E-state index is 0.191. The van der Waals surface area contributed by atoms with E-state index in [9.17, 15) is 9.90 Å². The minimum Gasteiger partial charge on any atom is -0.465 e. The molecule has 108 valence electrons. The third kappa shape index (κ3) is 2.40. The van der Waals surface area contributed by atoms with E-state index in [4.69, 9.17) is 0 Å². The van der Waals surface area contributed by atoms with Gasteiger partial charge in [0, 0.05) is 6.54 Å². The molecule has 1 unspecified atom stereocenters. The Labute approximate surface area is 124 Å².